The minimum absolute atomic E-state index is 0.0360. The number of nitrogens with zero attached hydrogens (tertiary/aromatic N) is 1. The van der Waals surface area contributed by atoms with E-state index in [1.807, 2.05) is 50.2 Å². The van der Waals surface area contributed by atoms with Gasteiger partial charge in [-0.25, -0.2) is 8.42 Å². The Kier molecular flexibility index (Phi) is 8.95. The number of halogens is 3. The van der Waals surface area contributed by atoms with Crippen molar-refractivity contribution >= 4 is 42.6 Å². The number of carbonyl (C=O) groups is 1. The maximum absolute atomic E-state index is 16.1. The van der Waals surface area contributed by atoms with Crippen LogP contribution >= 0.6 is 15.9 Å². The highest BCUT2D eigenvalue weighted by Crippen LogP contribution is 2.40. The Balaban J connectivity index is 1.37. The molecule has 2 bridgehead atoms. The summed E-state index contributed by atoms with van der Waals surface area (Å²) in [5, 5.41) is 1.84. The molecule has 0 aromatic heterocycles. The molecule has 2 saturated heterocycles. The molecule has 2 heterocycles. The molecule has 226 valence electrons. The predicted molar refractivity (Wildman–Crippen MR) is 163 cm³/mol. The van der Waals surface area contributed by atoms with E-state index in [1.54, 1.807) is 0 Å². The maximum atomic E-state index is 16.1. The Bertz CT molecular complexity index is 1540. The summed E-state index contributed by atoms with van der Waals surface area (Å²) in [7, 11) is -4.29. The highest BCUT2D eigenvalue weighted by Gasteiger charge is 2.53. The van der Waals surface area contributed by atoms with E-state index in [4.69, 9.17) is 10.5 Å². The van der Waals surface area contributed by atoms with Gasteiger partial charge in [-0.2, -0.15) is 13.5 Å². The summed E-state index contributed by atoms with van der Waals surface area (Å²) in [4.78, 5) is 15.3. The molecule has 0 saturated carbocycles. The molecule has 3 aromatic rings. The number of alkyl halides is 2. The van der Waals surface area contributed by atoms with Crippen molar-refractivity contribution in [3.05, 3.63) is 76.3 Å². The molecule has 11 heteroatoms. The van der Waals surface area contributed by atoms with E-state index in [0.29, 0.717) is 30.2 Å². The van der Waals surface area contributed by atoms with Gasteiger partial charge in [0.05, 0.1) is 11.9 Å². The molecule has 3 unspecified atom stereocenters. The summed E-state index contributed by atoms with van der Waals surface area (Å²) in [5.74, 6) is -4.41. The van der Waals surface area contributed by atoms with Crippen molar-refractivity contribution in [2.24, 2.45) is 5.73 Å². The lowest BCUT2D eigenvalue weighted by atomic mass is 9.95. The predicted octanol–water partition coefficient (Wildman–Crippen LogP) is 5.49. The molecule has 7 nitrogen and oxygen atoms in total. The SMILES string of the molecule is CC(C)Oc1ccc2cc(CCS(=O)(=O)NC(C(=O)N3C4CCC3CC(N)C4)C(F)(F)c3ccc(Br)cc3)ccc2c1. The van der Waals surface area contributed by atoms with Crippen molar-refractivity contribution in [1.29, 1.82) is 0 Å². The van der Waals surface area contributed by atoms with Crippen LogP contribution < -0.4 is 15.2 Å². The number of amides is 1. The first kappa shape index (κ1) is 30.8. The van der Waals surface area contributed by atoms with Crippen LogP contribution in [0, 0.1) is 0 Å². The summed E-state index contributed by atoms with van der Waals surface area (Å²) >= 11 is 3.24. The van der Waals surface area contributed by atoms with Crippen LogP contribution in [-0.4, -0.2) is 55.2 Å². The summed E-state index contributed by atoms with van der Waals surface area (Å²) in [6, 6.07) is 13.6. The van der Waals surface area contributed by atoms with Crippen LogP contribution in [0.4, 0.5) is 8.78 Å². The highest BCUT2D eigenvalue weighted by atomic mass is 79.9. The Morgan fingerprint density at radius 1 is 1.05 bits per heavy atom. The van der Waals surface area contributed by atoms with Crippen molar-refractivity contribution in [3.63, 3.8) is 0 Å². The molecule has 1 amide bonds. The first-order valence-electron chi connectivity index (χ1n) is 14.2. The molecule has 2 aliphatic rings. The normalized spacial score (nSPS) is 21.6. The number of rotatable bonds is 10. The number of aryl methyl sites for hydroxylation is 1. The number of nitrogens with two attached hydrogens (primary N) is 1. The molecular formula is C31H36BrF2N3O4S. The molecular weight excluding hydrogens is 628 g/mol. The van der Waals surface area contributed by atoms with Gasteiger partial charge >= 0.3 is 0 Å². The van der Waals surface area contributed by atoms with Crippen LogP contribution in [0.2, 0.25) is 0 Å². The van der Waals surface area contributed by atoms with Crippen molar-refractivity contribution in [2.45, 2.75) is 82.1 Å². The van der Waals surface area contributed by atoms with Crippen molar-refractivity contribution in [3.8, 4) is 5.75 Å². The Labute approximate surface area is 254 Å². The van der Waals surface area contributed by atoms with Crippen molar-refractivity contribution in [1.82, 2.24) is 9.62 Å². The zero-order valence-corrected chi connectivity index (χ0v) is 26.0. The number of benzene rings is 3. The number of ether oxygens (including phenoxy) is 1. The first-order valence-corrected chi connectivity index (χ1v) is 16.7. The second-order valence-electron chi connectivity index (χ2n) is 11.6. The number of fused-ring (bicyclic) bond motifs is 3. The molecule has 3 aromatic carbocycles. The zero-order chi connectivity index (χ0) is 30.2. The van der Waals surface area contributed by atoms with Crippen LogP contribution in [-0.2, 0) is 27.2 Å². The smallest absolute Gasteiger partial charge is 0.298 e. The minimum Gasteiger partial charge on any atom is -0.491 e. The van der Waals surface area contributed by atoms with Gasteiger partial charge in [0.1, 0.15) is 5.75 Å². The maximum Gasteiger partial charge on any atom is 0.298 e. The van der Waals surface area contributed by atoms with Crippen LogP contribution in [0.3, 0.4) is 0 Å². The van der Waals surface area contributed by atoms with Crippen LogP contribution in [0.1, 0.15) is 50.7 Å². The lowest BCUT2D eigenvalue weighted by molar-refractivity contribution is -0.149. The molecule has 0 aliphatic carbocycles. The topological polar surface area (TPSA) is 102 Å². The molecule has 5 rings (SSSR count). The molecule has 42 heavy (non-hydrogen) atoms. The number of carbonyl (C=O) groups excluding carboxylic acids is 1. The highest BCUT2D eigenvalue weighted by molar-refractivity contribution is 9.10. The standard InChI is InChI=1S/C31H36BrF2N3O4S/c1-19(2)41-28-12-5-21-15-20(3-4-22(21)16-28)13-14-42(39,40)36-29(31(33,34)23-6-8-24(32)9-7-23)30(38)37-26-10-11-27(37)18-25(35)17-26/h3-9,12,15-16,19,25-27,29,36H,10-11,13-14,17-18,35H2,1-2H3. The fourth-order valence-electron chi connectivity index (χ4n) is 6.11. The van der Waals surface area contributed by atoms with Gasteiger partial charge in [0.2, 0.25) is 15.9 Å². The molecule has 0 radical (unpaired) electrons. The molecule has 3 N–H and O–H groups in total. The number of sulfonamides is 1. The molecule has 0 spiro atoms. The number of hydrogen-bond donors (Lipinski definition) is 2. The Morgan fingerprint density at radius 3 is 2.31 bits per heavy atom. The van der Waals surface area contributed by atoms with E-state index in [1.165, 1.54) is 29.2 Å². The average Bonchev–Trinajstić information content (AvgIpc) is 3.20. The Morgan fingerprint density at radius 2 is 1.67 bits per heavy atom. The average molecular weight is 665 g/mol. The van der Waals surface area contributed by atoms with Gasteiger partial charge in [-0.3, -0.25) is 4.79 Å². The molecule has 2 aliphatic heterocycles. The molecule has 2 fully saturated rings. The van der Waals surface area contributed by atoms with Gasteiger partial charge in [-0.15, -0.1) is 0 Å². The summed E-state index contributed by atoms with van der Waals surface area (Å²) in [5.41, 5.74) is 6.43. The van der Waals surface area contributed by atoms with Gasteiger partial charge in [-0.05, 0) is 86.6 Å². The number of piperidine rings is 1. The molecule has 3 atom stereocenters. The fourth-order valence-corrected chi connectivity index (χ4v) is 7.61. The lowest BCUT2D eigenvalue weighted by Gasteiger charge is -2.41. The van der Waals surface area contributed by atoms with Crippen LogP contribution in [0.15, 0.2) is 65.1 Å². The second-order valence-corrected chi connectivity index (χ2v) is 14.4. The lowest BCUT2D eigenvalue weighted by Crippen LogP contribution is -2.61. The van der Waals surface area contributed by atoms with Crippen molar-refractivity contribution in [2.75, 3.05) is 5.75 Å². The Hall–Kier alpha value is -2.60. The quantitative estimate of drug-likeness (QED) is 0.299. The van der Waals surface area contributed by atoms with E-state index < -0.39 is 39.2 Å². The van der Waals surface area contributed by atoms with E-state index in [9.17, 15) is 13.2 Å². The van der Waals surface area contributed by atoms with Gasteiger partial charge in [0.25, 0.3) is 5.92 Å². The number of hydrogen-bond acceptors (Lipinski definition) is 5. The van der Waals surface area contributed by atoms with E-state index >= 15 is 8.78 Å². The van der Waals surface area contributed by atoms with Gasteiger partial charge in [0, 0.05) is 28.2 Å². The third kappa shape index (κ3) is 6.79. The van der Waals surface area contributed by atoms with E-state index in [0.717, 1.165) is 22.1 Å². The minimum atomic E-state index is -4.29. The van der Waals surface area contributed by atoms with Crippen LogP contribution in [0.25, 0.3) is 10.8 Å². The summed E-state index contributed by atoms with van der Waals surface area (Å²) in [6.07, 6.45) is 2.48. The van der Waals surface area contributed by atoms with Crippen molar-refractivity contribution < 1.29 is 26.7 Å². The van der Waals surface area contributed by atoms with Gasteiger partial charge in [-0.1, -0.05) is 52.3 Å². The summed E-state index contributed by atoms with van der Waals surface area (Å²) < 4.78 is 67.2. The van der Waals surface area contributed by atoms with E-state index in [-0.39, 0.29) is 30.7 Å². The van der Waals surface area contributed by atoms with Gasteiger partial charge in [0.15, 0.2) is 6.04 Å². The second kappa shape index (κ2) is 12.2. The largest absolute Gasteiger partial charge is 0.491 e. The number of nitrogens with one attached hydrogen (secondary N) is 1. The van der Waals surface area contributed by atoms with E-state index in [2.05, 4.69) is 20.7 Å². The summed E-state index contributed by atoms with van der Waals surface area (Å²) in [6.45, 7) is 3.89. The third-order valence-electron chi connectivity index (χ3n) is 8.07. The third-order valence-corrected chi connectivity index (χ3v) is 9.93. The first-order chi connectivity index (χ1) is 19.8. The zero-order valence-electron chi connectivity index (χ0n) is 23.6. The van der Waals surface area contributed by atoms with Gasteiger partial charge < -0.3 is 15.4 Å². The van der Waals surface area contributed by atoms with Crippen LogP contribution in [0.5, 0.6) is 5.75 Å². The fraction of sp³-hybridized carbons (Fsp3) is 0.452. The monoisotopic (exact) mass is 663 g/mol.